The largest absolute Gasteiger partial charge is 0.465 e. The standard InChI is InChI=1S/C12H12F4N2O2/c13-9-5-8(12(14,15)16)6-10(7-9)17-1-3-18(4-2-17)11(19)20/h5-7H,1-4H2,(H,19,20). The zero-order valence-electron chi connectivity index (χ0n) is 10.3. The van der Waals surface area contributed by atoms with E-state index >= 15 is 0 Å². The first-order chi connectivity index (χ1) is 9.27. The van der Waals surface area contributed by atoms with Crippen LogP contribution in [0.1, 0.15) is 5.56 Å². The van der Waals surface area contributed by atoms with Gasteiger partial charge in [-0.3, -0.25) is 0 Å². The Bertz CT molecular complexity index is 511. The van der Waals surface area contributed by atoms with Crippen LogP contribution in [-0.4, -0.2) is 42.3 Å². The summed E-state index contributed by atoms with van der Waals surface area (Å²) >= 11 is 0. The molecular formula is C12H12F4N2O2. The number of nitrogens with zero attached hydrogens (tertiary/aromatic N) is 2. The van der Waals surface area contributed by atoms with Crippen LogP contribution in [0.15, 0.2) is 18.2 Å². The van der Waals surface area contributed by atoms with Crippen LogP contribution in [-0.2, 0) is 6.18 Å². The predicted octanol–water partition coefficient (Wildman–Crippen LogP) is 2.64. The number of halogens is 4. The first kappa shape index (κ1) is 14.4. The summed E-state index contributed by atoms with van der Waals surface area (Å²) in [5.74, 6) is -0.963. The van der Waals surface area contributed by atoms with E-state index < -0.39 is 23.7 Å². The molecule has 110 valence electrons. The number of hydrogen-bond donors (Lipinski definition) is 1. The van der Waals surface area contributed by atoms with Gasteiger partial charge in [0.2, 0.25) is 0 Å². The van der Waals surface area contributed by atoms with Crippen molar-refractivity contribution >= 4 is 11.8 Å². The van der Waals surface area contributed by atoms with E-state index in [1.807, 2.05) is 0 Å². The molecule has 0 radical (unpaired) electrons. The van der Waals surface area contributed by atoms with Gasteiger partial charge in [0.25, 0.3) is 0 Å². The maximum absolute atomic E-state index is 13.3. The monoisotopic (exact) mass is 292 g/mol. The fraction of sp³-hybridized carbons (Fsp3) is 0.417. The summed E-state index contributed by atoms with van der Waals surface area (Å²) < 4.78 is 51.1. The van der Waals surface area contributed by atoms with Gasteiger partial charge >= 0.3 is 12.3 Å². The van der Waals surface area contributed by atoms with Gasteiger partial charge < -0.3 is 14.9 Å². The first-order valence-corrected chi connectivity index (χ1v) is 5.88. The fourth-order valence-corrected chi connectivity index (χ4v) is 2.08. The minimum Gasteiger partial charge on any atom is -0.465 e. The van der Waals surface area contributed by atoms with E-state index in [1.54, 1.807) is 0 Å². The van der Waals surface area contributed by atoms with Gasteiger partial charge in [-0.15, -0.1) is 0 Å². The Morgan fingerprint density at radius 2 is 1.70 bits per heavy atom. The number of rotatable bonds is 1. The molecule has 1 aliphatic rings. The van der Waals surface area contributed by atoms with Crippen LogP contribution in [0.3, 0.4) is 0 Å². The van der Waals surface area contributed by atoms with Gasteiger partial charge in [0.1, 0.15) is 5.82 Å². The highest BCUT2D eigenvalue weighted by atomic mass is 19.4. The summed E-state index contributed by atoms with van der Waals surface area (Å²) in [6.07, 6.45) is -5.68. The molecule has 4 nitrogen and oxygen atoms in total. The highest BCUT2D eigenvalue weighted by Gasteiger charge is 2.32. The van der Waals surface area contributed by atoms with Crippen molar-refractivity contribution in [3.05, 3.63) is 29.6 Å². The summed E-state index contributed by atoms with van der Waals surface area (Å²) in [6.45, 7) is 0.806. The molecule has 1 aliphatic heterocycles. The van der Waals surface area contributed by atoms with E-state index in [4.69, 9.17) is 5.11 Å². The molecule has 0 bridgehead atoms. The average molecular weight is 292 g/mol. The third kappa shape index (κ3) is 3.12. The lowest BCUT2D eigenvalue weighted by atomic mass is 10.1. The molecule has 1 amide bonds. The number of benzene rings is 1. The average Bonchev–Trinajstić information content (AvgIpc) is 2.37. The second-order valence-electron chi connectivity index (χ2n) is 4.45. The smallest absolute Gasteiger partial charge is 0.416 e. The summed E-state index contributed by atoms with van der Waals surface area (Å²) in [5.41, 5.74) is -0.935. The van der Waals surface area contributed by atoms with Gasteiger partial charge in [-0.05, 0) is 18.2 Å². The summed E-state index contributed by atoms with van der Waals surface area (Å²) in [7, 11) is 0. The van der Waals surface area contributed by atoms with Gasteiger partial charge in [-0.25, -0.2) is 9.18 Å². The molecule has 0 saturated carbocycles. The third-order valence-corrected chi connectivity index (χ3v) is 3.13. The van der Waals surface area contributed by atoms with Gasteiger partial charge in [0.05, 0.1) is 5.56 Å². The lowest BCUT2D eigenvalue weighted by Crippen LogP contribution is -2.48. The molecule has 0 atom stereocenters. The van der Waals surface area contributed by atoms with Crippen molar-refractivity contribution in [2.24, 2.45) is 0 Å². The SMILES string of the molecule is O=C(O)N1CCN(c2cc(F)cc(C(F)(F)F)c2)CC1. The van der Waals surface area contributed by atoms with Crippen LogP contribution in [0.5, 0.6) is 0 Å². The summed E-state index contributed by atoms with van der Waals surface area (Å²) in [5, 5.41) is 8.79. The second-order valence-corrected chi connectivity index (χ2v) is 4.45. The molecule has 1 N–H and O–H groups in total. The normalized spacial score (nSPS) is 16.4. The number of anilines is 1. The molecule has 1 fully saturated rings. The highest BCUT2D eigenvalue weighted by molar-refractivity contribution is 5.65. The maximum Gasteiger partial charge on any atom is 0.416 e. The molecule has 8 heteroatoms. The quantitative estimate of drug-likeness (QED) is 0.809. The van der Waals surface area contributed by atoms with Crippen molar-refractivity contribution in [2.75, 3.05) is 31.1 Å². The van der Waals surface area contributed by atoms with Gasteiger partial charge in [-0.1, -0.05) is 0 Å². The highest BCUT2D eigenvalue weighted by Crippen LogP contribution is 2.32. The molecule has 0 spiro atoms. The van der Waals surface area contributed by atoms with Crippen LogP contribution >= 0.6 is 0 Å². The number of amides is 1. The fourth-order valence-electron chi connectivity index (χ4n) is 2.08. The van der Waals surface area contributed by atoms with Gasteiger partial charge in [-0.2, -0.15) is 13.2 Å². The zero-order chi connectivity index (χ0) is 14.9. The lowest BCUT2D eigenvalue weighted by Gasteiger charge is -2.34. The topological polar surface area (TPSA) is 43.8 Å². The Hall–Kier alpha value is -1.99. The number of carboxylic acid groups (broad SMARTS) is 1. The van der Waals surface area contributed by atoms with Crippen LogP contribution in [0.4, 0.5) is 28.0 Å². The van der Waals surface area contributed by atoms with E-state index in [0.29, 0.717) is 6.07 Å². The van der Waals surface area contributed by atoms with E-state index in [-0.39, 0.29) is 31.9 Å². The molecule has 2 rings (SSSR count). The van der Waals surface area contributed by atoms with Gasteiger partial charge in [0, 0.05) is 31.9 Å². The van der Waals surface area contributed by atoms with Gasteiger partial charge in [0.15, 0.2) is 0 Å². The van der Waals surface area contributed by atoms with E-state index in [1.165, 1.54) is 9.80 Å². The van der Waals surface area contributed by atoms with Crippen molar-refractivity contribution in [1.29, 1.82) is 0 Å². The summed E-state index contributed by atoms with van der Waals surface area (Å²) in [6, 6.07) is 2.34. The lowest BCUT2D eigenvalue weighted by molar-refractivity contribution is -0.137. The van der Waals surface area contributed by atoms with E-state index in [2.05, 4.69) is 0 Å². The minimum absolute atomic E-state index is 0.113. The van der Waals surface area contributed by atoms with Crippen LogP contribution in [0, 0.1) is 5.82 Å². The van der Waals surface area contributed by atoms with Crippen LogP contribution < -0.4 is 4.90 Å². The van der Waals surface area contributed by atoms with Crippen molar-refractivity contribution in [1.82, 2.24) is 4.90 Å². The molecule has 20 heavy (non-hydrogen) atoms. The second kappa shape index (κ2) is 5.18. The van der Waals surface area contributed by atoms with Crippen molar-refractivity contribution in [2.45, 2.75) is 6.18 Å². The third-order valence-electron chi connectivity index (χ3n) is 3.13. The Labute approximate surface area is 112 Å². The molecule has 1 saturated heterocycles. The molecule has 0 aromatic heterocycles. The summed E-state index contributed by atoms with van der Waals surface area (Å²) in [4.78, 5) is 13.4. The minimum atomic E-state index is -4.61. The van der Waals surface area contributed by atoms with Crippen LogP contribution in [0.2, 0.25) is 0 Å². The Balaban J connectivity index is 2.18. The van der Waals surface area contributed by atoms with E-state index in [9.17, 15) is 22.4 Å². The molecule has 1 heterocycles. The van der Waals surface area contributed by atoms with Crippen molar-refractivity contribution < 1.29 is 27.5 Å². The van der Waals surface area contributed by atoms with Crippen LogP contribution in [0.25, 0.3) is 0 Å². The molecule has 1 aromatic rings. The Morgan fingerprint density at radius 1 is 1.10 bits per heavy atom. The molecular weight excluding hydrogens is 280 g/mol. The van der Waals surface area contributed by atoms with Crippen molar-refractivity contribution in [3.8, 4) is 0 Å². The molecule has 0 unspecified atom stereocenters. The zero-order valence-corrected chi connectivity index (χ0v) is 10.3. The molecule has 1 aromatic carbocycles. The number of carbonyl (C=O) groups is 1. The first-order valence-electron chi connectivity index (χ1n) is 5.88. The van der Waals surface area contributed by atoms with Crippen molar-refractivity contribution in [3.63, 3.8) is 0 Å². The predicted molar refractivity (Wildman–Crippen MR) is 63.2 cm³/mol. The van der Waals surface area contributed by atoms with E-state index in [0.717, 1.165) is 12.1 Å². The number of hydrogen-bond acceptors (Lipinski definition) is 2. The maximum atomic E-state index is 13.3. The Kier molecular flexibility index (Phi) is 3.74. The number of alkyl halides is 3. The number of piperazine rings is 1. The molecule has 0 aliphatic carbocycles. The Morgan fingerprint density at radius 3 is 2.20 bits per heavy atom.